The number of halogens is 1. The lowest BCUT2D eigenvalue weighted by Crippen LogP contribution is -2.47. The van der Waals surface area contributed by atoms with Crippen molar-refractivity contribution < 1.29 is 4.74 Å². The highest BCUT2D eigenvalue weighted by Crippen LogP contribution is 2.32. The van der Waals surface area contributed by atoms with Gasteiger partial charge in [0, 0.05) is 18.1 Å². The van der Waals surface area contributed by atoms with Gasteiger partial charge in [-0.3, -0.25) is 4.90 Å². The molecule has 1 heterocycles. The molecule has 1 N–H and O–H groups in total. The Morgan fingerprint density at radius 3 is 2.94 bits per heavy atom. The summed E-state index contributed by atoms with van der Waals surface area (Å²) in [6.45, 7) is 2.56. The molecule has 0 amide bonds. The van der Waals surface area contributed by atoms with Crippen LogP contribution in [0.15, 0.2) is 24.3 Å². The van der Waals surface area contributed by atoms with Gasteiger partial charge in [0.25, 0.3) is 0 Å². The average molecular weight is 255 g/mol. The van der Waals surface area contributed by atoms with Crippen molar-refractivity contribution in [2.45, 2.75) is 12.1 Å². The summed E-state index contributed by atoms with van der Waals surface area (Å²) in [6, 6.07) is 8.24. The molecular weight excluding hydrogens is 236 g/mol. The van der Waals surface area contributed by atoms with Crippen LogP contribution in [0.1, 0.15) is 11.6 Å². The van der Waals surface area contributed by atoms with E-state index in [-0.39, 0.29) is 12.1 Å². The Morgan fingerprint density at radius 1 is 1.47 bits per heavy atom. The fourth-order valence-electron chi connectivity index (χ4n) is 2.39. The van der Waals surface area contributed by atoms with Gasteiger partial charge in [0.15, 0.2) is 0 Å². The van der Waals surface area contributed by atoms with Gasteiger partial charge in [-0.15, -0.1) is 0 Å². The van der Waals surface area contributed by atoms with E-state index in [1.54, 1.807) is 0 Å². The van der Waals surface area contributed by atoms with Gasteiger partial charge in [0.05, 0.1) is 18.8 Å². The van der Waals surface area contributed by atoms with Crippen molar-refractivity contribution in [2.75, 3.05) is 33.8 Å². The highest BCUT2D eigenvalue weighted by molar-refractivity contribution is 6.31. The Bertz CT molecular complexity index is 370. The van der Waals surface area contributed by atoms with E-state index >= 15 is 0 Å². The molecule has 1 aliphatic rings. The van der Waals surface area contributed by atoms with Gasteiger partial charge in [0.2, 0.25) is 0 Å². The number of nitrogens with one attached hydrogen (secondary N) is 1. The predicted octanol–water partition coefficient (Wildman–Crippen LogP) is 1.93. The maximum atomic E-state index is 6.29. The molecule has 2 unspecified atom stereocenters. The molecular formula is C13H19ClN2O. The van der Waals surface area contributed by atoms with Crippen LogP contribution < -0.4 is 5.32 Å². The smallest absolute Gasteiger partial charge is 0.0896 e. The zero-order chi connectivity index (χ0) is 12.3. The summed E-state index contributed by atoms with van der Waals surface area (Å²) < 4.78 is 5.85. The Kier molecular flexibility index (Phi) is 4.40. The number of nitrogens with zero attached hydrogens (tertiary/aromatic N) is 1. The highest BCUT2D eigenvalue weighted by atomic mass is 35.5. The van der Waals surface area contributed by atoms with Crippen LogP contribution in [0.5, 0.6) is 0 Å². The van der Waals surface area contributed by atoms with Crippen molar-refractivity contribution in [1.29, 1.82) is 0 Å². The predicted molar refractivity (Wildman–Crippen MR) is 70.5 cm³/mol. The monoisotopic (exact) mass is 254 g/mol. The van der Waals surface area contributed by atoms with Crippen molar-refractivity contribution in [3.63, 3.8) is 0 Å². The van der Waals surface area contributed by atoms with Crippen molar-refractivity contribution in [1.82, 2.24) is 10.2 Å². The lowest BCUT2D eigenvalue weighted by molar-refractivity contribution is -0.0606. The molecule has 0 saturated carbocycles. The molecule has 1 aromatic carbocycles. The summed E-state index contributed by atoms with van der Waals surface area (Å²) in [7, 11) is 4.07. The van der Waals surface area contributed by atoms with Crippen LogP contribution in [0.25, 0.3) is 0 Å². The van der Waals surface area contributed by atoms with Crippen LogP contribution in [0.3, 0.4) is 0 Å². The van der Waals surface area contributed by atoms with Crippen LogP contribution in [0.4, 0.5) is 0 Å². The normalized spacial score (nSPS) is 26.1. The van der Waals surface area contributed by atoms with Gasteiger partial charge in [-0.25, -0.2) is 0 Å². The molecule has 17 heavy (non-hydrogen) atoms. The number of ether oxygens (including phenoxy) is 1. The SMILES string of the molecule is CNCC1OCCN(C)C1c1ccccc1Cl. The number of likely N-dealkylation sites (N-methyl/N-ethyl adjacent to an activating group) is 2. The van der Waals surface area contributed by atoms with E-state index in [0.717, 1.165) is 30.3 Å². The summed E-state index contributed by atoms with van der Waals surface area (Å²) >= 11 is 6.29. The second-order valence-electron chi connectivity index (χ2n) is 4.41. The van der Waals surface area contributed by atoms with Gasteiger partial charge in [0.1, 0.15) is 0 Å². The molecule has 3 nitrogen and oxygen atoms in total. The Hall–Kier alpha value is -0.610. The van der Waals surface area contributed by atoms with Crippen LogP contribution in [0, 0.1) is 0 Å². The summed E-state index contributed by atoms with van der Waals surface area (Å²) in [4.78, 5) is 2.31. The number of morpholine rings is 1. The zero-order valence-electron chi connectivity index (χ0n) is 10.3. The van der Waals surface area contributed by atoms with Crippen molar-refractivity contribution in [3.05, 3.63) is 34.9 Å². The molecule has 1 aromatic rings. The summed E-state index contributed by atoms with van der Waals surface area (Å²) in [5, 5.41) is 4.00. The molecule has 0 bridgehead atoms. The molecule has 2 atom stereocenters. The number of hydrogen-bond donors (Lipinski definition) is 1. The van der Waals surface area contributed by atoms with E-state index in [1.165, 1.54) is 0 Å². The molecule has 1 saturated heterocycles. The first-order valence-electron chi connectivity index (χ1n) is 5.95. The number of benzene rings is 1. The molecule has 2 rings (SSSR count). The molecule has 1 fully saturated rings. The molecule has 0 aliphatic carbocycles. The minimum Gasteiger partial charge on any atom is -0.374 e. The maximum absolute atomic E-state index is 6.29. The van der Waals surface area contributed by atoms with E-state index in [2.05, 4.69) is 23.3 Å². The van der Waals surface area contributed by atoms with Crippen LogP contribution in [-0.2, 0) is 4.74 Å². The fourth-order valence-corrected chi connectivity index (χ4v) is 2.63. The Morgan fingerprint density at radius 2 is 2.24 bits per heavy atom. The second-order valence-corrected chi connectivity index (χ2v) is 4.82. The van der Waals surface area contributed by atoms with Gasteiger partial charge < -0.3 is 10.1 Å². The lowest BCUT2D eigenvalue weighted by atomic mass is 9.98. The minimum absolute atomic E-state index is 0.152. The van der Waals surface area contributed by atoms with Gasteiger partial charge in [-0.1, -0.05) is 29.8 Å². The summed E-state index contributed by atoms with van der Waals surface area (Å²) in [5.74, 6) is 0. The van der Waals surface area contributed by atoms with E-state index in [9.17, 15) is 0 Å². The minimum atomic E-state index is 0.152. The van der Waals surface area contributed by atoms with Crippen LogP contribution in [0.2, 0.25) is 5.02 Å². The molecule has 0 spiro atoms. The second kappa shape index (κ2) is 5.83. The Balaban J connectivity index is 2.28. The lowest BCUT2D eigenvalue weighted by Gasteiger charge is -2.39. The van der Waals surface area contributed by atoms with E-state index < -0.39 is 0 Å². The van der Waals surface area contributed by atoms with Crippen LogP contribution in [-0.4, -0.2) is 44.8 Å². The van der Waals surface area contributed by atoms with Gasteiger partial charge >= 0.3 is 0 Å². The molecule has 4 heteroatoms. The van der Waals surface area contributed by atoms with Crippen molar-refractivity contribution in [2.24, 2.45) is 0 Å². The third-order valence-electron chi connectivity index (χ3n) is 3.23. The summed E-state index contributed by atoms with van der Waals surface area (Å²) in [5.41, 5.74) is 1.15. The molecule has 0 aromatic heterocycles. The Labute approximate surface area is 108 Å². The maximum Gasteiger partial charge on any atom is 0.0896 e. The average Bonchev–Trinajstić information content (AvgIpc) is 2.31. The van der Waals surface area contributed by atoms with Crippen molar-refractivity contribution >= 4 is 11.6 Å². The van der Waals surface area contributed by atoms with Crippen LogP contribution >= 0.6 is 11.6 Å². The standard InChI is InChI=1S/C13H19ClN2O/c1-15-9-12-13(16(2)7-8-17-12)10-5-3-4-6-11(10)14/h3-6,12-13,15H,7-9H2,1-2H3. The van der Waals surface area contributed by atoms with Crippen molar-refractivity contribution in [3.8, 4) is 0 Å². The topological polar surface area (TPSA) is 24.5 Å². The first kappa shape index (κ1) is 12.8. The third kappa shape index (κ3) is 2.80. The highest BCUT2D eigenvalue weighted by Gasteiger charge is 2.32. The van der Waals surface area contributed by atoms with E-state index in [0.29, 0.717) is 0 Å². The molecule has 94 valence electrons. The summed E-state index contributed by atoms with van der Waals surface area (Å²) in [6.07, 6.45) is 0.152. The fraction of sp³-hybridized carbons (Fsp3) is 0.538. The van der Waals surface area contributed by atoms with E-state index in [4.69, 9.17) is 16.3 Å². The largest absolute Gasteiger partial charge is 0.374 e. The first-order valence-corrected chi connectivity index (χ1v) is 6.32. The quantitative estimate of drug-likeness (QED) is 0.892. The molecule has 1 aliphatic heterocycles. The third-order valence-corrected chi connectivity index (χ3v) is 3.58. The van der Waals surface area contributed by atoms with Gasteiger partial charge in [-0.2, -0.15) is 0 Å². The zero-order valence-corrected chi connectivity index (χ0v) is 11.1. The first-order chi connectivity index (χ1) is 8.24. The van der Waals surface area contributed by atoms with Gasteiger partial charge in [-0.05, 0) is 25.7 Å². The van der Waals surface area contributed by atoms with E-state index in [1.807, 2.05) is 25.2 Å². The number of hydrogen-bond acceptors (Lipinski definition) is 3. The number of rotatable bonds is 3. The molecule has 0 radical (unpaired) electrons.